The Kier molecular flexibility index (Phi) is 4.82. The Balaban J connectivity index is 1.45. The molecule has 0 aliphatic carbocycles. The van der Waals surface area contributed by atoms with Gasteiger partial charge in [0.05, 0.1) is 18.3 Å². The highest BCUT2D eigenvalue weighted by atomic mass is 32.1. The van der Waals surface area contributed by atoms with E-state index in [0.29, 0.717) is 28.8 Å². The summed E-state index contributed by atoms with van der Waals surface area (Å²) in [5.41, 5.74) is 1.20. The molecule has 28 heavy (non-hydrogen) atoms. The number of nitrogens with one attached hydrogen (secondary N) is 1. The molecule has 2 aromatic heterocycles. The van der Waals surface area contributed by atoms with Crippen LogP contribution in [0.3, 0.4) is 0 Å². The standard InChI is InChI=1S/C19H17N3O5S/c23-15(3-6-22-10-20-17-13(18(22)24)5-8-28-17)21-16(19(25)26)12-1-2-14-11(9-12)4-7-27-14/h1-2,5,8-10,16H,3-4,6-7H2,(H,21,23)(H,25,26). The number of hydrogen-bond donors (Lipinski definition) is 2. The van der Waals surface area contributed by atoms with Gasteiger partial charge in [0.15, 0.2) is 6.04 Å². The smallest absolute Gasteiger partial charge is 0.330 e. The zero-order valence-electron chi connectivity index (χ0n) is 14.8. The molecule has 0 radical (unpaired) electrons. The molecule has 3 aromatic rings. The van der Waals surface area contributed by atoms with Crippen LogP contribution in [0.5, 0.6) is 5.75 Å². The fourth-order valence-corrected chi connectivity index (χ4v) is 3.90. The quantitative estimate of drug-likeness (QED) is 0.653. The third kappa shape index (κ3) is 3.48. The number of aliphatic carboxylic acids is 1. The van der Waals surface area contributed by atoms with Crippen molar-refractivity contribution in [3.63, 3.8) is 0 Å². The van der Waals surface area contributed by atoms with Gasteiger partial charge in [0.1, 0.15) is 10.6 Å². The highest BCUT2D eigenvalue weighted by Gasteiger charge is 2.24. The van der Waals surface area contributed by atoms with Crippen molar-refractivity contribution in [2.45, 2.75) is 25.4 Å². The fourth-order valence-electron chi connectivity index (χ4n) is 3.18. The summed E-state index contributed by atoms with van der Waals surface area (Å²) in [6.45, 7) is 0.688. The first kappa shape index (κ1) is 18.2. The number of rotatable bonds is 6. The molecule has 3 heterocycles. The van der Waals surface area contributed by atoms with Gasteiger partial charge in [-0.05, 0) is 34.7 Å². The molecular weight excluding hydrogens is 382 g/mol. The van der Waals surface area contributed by atoms with Crippen LogP contribution in [0.2, 0.25) is 0 Å². The number of carboxylic acid groups (broad SMARTS) is 1. The molecule has 0 fully saturated rings. The van der Waals surface area contributed by atoms with Crippen LogP contribution in [0.25, 0.3) is 10.2 Å². The number of aryl methyl sites for hydroxylation is 1. The highest BCUT2D eigenvalue weighted by molar-refractivity contribution is 7.16. The summed E-state index contributed by atoms with van der Waals surface area (Å²) in [7, 11) is 0. The number of thiophene rings is 1. The molecule has 1 unspecified atom stereocenters. The minimum absolute atomic E-state index is 0.0327. The van der Waals surface area contributed by atoms with Crippen molar-refractivity contribution in [2.75, 3.05) is 6.61 Å². The lowest BCUT2D eigenvalue weighted by Crippen LogP contribution is -2.35. The number of benzene rings is 1. The molecule has 144 valence electrons. The average molecular weight is 399 g/mol. The van der Waals surface area contributed by atoms with Crippen LogP contribution in [0.15, 0.2) is 40.8 Å². The van der Waals surface area contributed by atoms with E-state index in [2.05, 4.69) is 10.3 Å². The van der Waals surface area contributed by atoms with Crippen LogP contribution < -0.4 is 15.6 Å². The van der Waals surface area contributed by atoms with Gasteiger partial charge in [0.25, 0.3) is 5.56 Å². The molecule has 0 saturated heterocycles. The number of aromatic nitrogens is 2. The maximum atomic E-state index is 12.4. The first-order valence-corrected chi connectivity index (χ1v) is 9.61. The van der Waals surface area contributed by atoms with E-state index in [1.807, 2.05) is 0 Å². The summed E-state index contributed by atoms with van der Waals surface area (Å²) < 4.78 is 6.78. The van der Waals surface area contributed by atoms with E-state index in [9.17, 15) is 19.5 Å². The van der Waals surface area contributed by atoms with Crippen LogP contribution in [-0.2, 0) is 22.6 Å². The first-order valence-electron chi connectivity index (χ1n) is 8.73. The molecule has 0 saturated carbocycles. The van der Waals surface area contributed by atoms with E-state index in [1.165, 1.54) is 22.2 Å². The van der Waals surface area contributed by atoms with Crippen molar-refractivity contribution in [3.05, 3.63) is 57.5 Å². The fraction of sp³-hybridized carbons (Fsp3) is 0.263. The third-order valence-electron chi connectivity index (χ3n) is 4.63. The van der Waals surface area contributed by atoms with Crippen molar-refractivity contribution < 1.29 is 19.4 Å². The summed E-state index contributed by atoms with van der Waals surface area (Å²) in [6.07, 6.45) is 2.09. The number of carboxylic acids is 1. The molecule has 9 heteroatoms. The largest absolute Gasteiger partial charge is 0.493 e. The topological polar surface area (TPSA) is 111 Å². The highest BCUT2D eigenvalue weighted by Crippen LogP contribution is 2.28. The molecule has 1 atom stereocenters. The van der Waals surface area contributed by atoms with Crippen molar-refractivity contribution >= 4 is 33.4 Å². The number of amides is 1. The van der Waals surface area contributed by atoms with Crippen LogP contribution in [-0.4, -0.2) is 33.1 Å². The van der Waals surface area contributed by atoms with Gasteiger partial charge in [0, 0.05) is 19.4 Å². The maximum absolute atomic E-state index is 12.4. The van der Waals surface area contributed by atoms with Gasteiger partial charge >= 0.3 is 5.97 Å². The van der Waals surface area contributed by atoms with Gasteiger partial charge in [-0.1, -0.05) is 6.07 Å². The minimum atomic E-state index is -1.16. The predicted molar refractivity (Wildman–Crippen MR) is 103 cm³/mol. The molecule has 8 nitrogen and oxygen atoms in total. The molecule has 1 aliphatic heterocycles. The molecular formula is C19H17N3O5S. The lowest BCUT2D eigenvalue weighted by molar-refractivity contribution is -0.142. The summed E-state index contributed by atoms with van der Waals surface area (Å²) in [6, 6.07) is 5.65. The van der Waals surface area contributed by atoms with E-state index in [1.54, 1.807) is 29.6 Å². The van der Waals surface area contributed by atoms with Crippen LogP contribution in [0.4, 0.5) is 0 Å². The van der Waals surface area contributed by atoms with Gasteiger partial charge in [-0.25, -0.2) is 9.78 Å². The number of ether oxygens (including phenoxy) is 1. The maximum Gasteiger partial charge on any atom is 0.330 e. The molecule has 1 aromatic carbocycles. The van der Waals surface area contributed by atoms with E-state index >= 15 is 0 Å². The Morgan fingerprint density at radius 2 is 2.21 bits per heavy atom. The summed E-state index contributed by atoms with van der Waals surface area (Å²) in [5, 5.41) is 14.4. The number of fused-ring (bicyclic) bond motifs is 2. The Labute approximate surface area is 163 Å². The summed E-state index contributed by atoms with van der Waals surface area (Å²) >= 11 is 1.37. The van der Waals surface area contributed by atoms with E-state index < -0.39 is 17.9 Å². The van der Waals surface area contributed by atoms with E-state index in [4.69, 9.17) is 4.74 Å². The van der Waals surface area contributed by atoms with Crippen molar-refractivity contribution in [1.29, 1.82) is 0 Å². The lowest BCUT2D eigenvalue weighted by Gasteiger charge is -2.16. The van der Waals surface area contributed by atoms with Gasteiger partial charge in [-0.2, -0.15) is 0 Å². The molecule has 1 amide bonds. The average Bonchev–Trinajstić information content (AvgIpc) is 3.34. The number of nitrogens with zero attached hydrogens (tertiary/aromatic N) is 2. The molecule has 2 N–H and O–H groups in total. The molecule has 0 spiro atoms. The molecule has 4 rings (SSSR count). The zero-order chi connectivity index (χ0) is 19.7. The van der Waals surface area contributed by atoms with Crippen LogP contribution in [0, 0.1) is 0 Å². The van der Waals surface area contributed by atoms with Gasteiger partial charge in [-0.3, -0.25) is 14.2 Å². The van der Waals surface area contributed by atoms with Crippen LogP contribution >= 0.6 is 11.3 Å². The van der Waals surface area contributed by atoms with Crippen LogP contribution in [0.1, 0.15) is 23.6 Å². The first-order chi connectivity index (χ1) is 13.5. The number of carbonyl (C=O) groups excluding carboxylic acids is 1. The number of hydrogen-bond acceptors (Lipinski definition) is 6. The SMILES string of the molecule is O=C(CCn1cnc2sccc2c1=O)NC(C(=O)O)c1ccc2c(c1)CCO2. The minimum Gasteiger partial charge on any atom is -0.493 e. The van der Waals surface area contributed by atoms with Crippen molar-refractivity contribution in [3.8, 4) is 5.75 Å². The van der Waals surface area contributed by atoms with E-state index in [0.717, 1.165) is 11.3 Å². The zero-order valence-corrected chi connectivity index (χ0v) is 15.6. The molecule has 0 bridgehead atoms. The van der Waals surface area contributed by atoms with Gasteiger partial charge < -0.3 is 15.2 Å². The van der Waals surface area contributed by atoms with Gasteiger partial charge in [-0.15, -0.1) is 11.3 Å². The second-order valence-electron chi connectivity index (χ2n) is 6.44. The molecule has 1 aliphatic rings. The van der Waals surface area contributed by atoms with E-state index in [-0.39, 0.29) is 18.5 Å². The monoisotopic (exact) mass is 399 g/mol. The lowest BCUT2D eigenvalue weighted by atomic mass is 10.0. The normalized spacial score (nSPS) is 13.7. The number of carbonyl (C=O) groups is 2. The Morgan fingerprint density at radius 1 is 1.36 bits per heavy atom. The summed E-state index contributed by atoms with van der Waals surface area (Å²) in [5.74, 6) is -0.859. The predicted octanol–water partition coefficient (Wildman–Crippen LogP) is 1.73. The second kappa shape index (κ2) is 7.43. The summed E-state index contributed by atoms with van der Waals surface area (Å²) in [4.78, 5) is 41.2. The van der Waals surface area contributed by atoms with Gasteiger partial charge in [0.2, 0.25) is 5.91 Å². The van der Waals surface area contributed by atoms with Crippen molar-refractivity contribution in [2.24, 2.45) is 0 Å². The Bertz CT molecular complexity index is 1120. The van der Waals surface area contributed by atoms with Crippen molar-refractivity contribution in [1.82, 2.24) is 14.9 Å². The Hall–Kier alpha value is -3.20. The third-order valence-corrected chi connectivity index (χ3v) is 5.45. The second-order valence-corrected chi connectivity index (χ2v) is 7.33. The Morgan fingerprint density at radius 3 is 3.04 bits per heavy atom.